The summed E-state index contributed by atoms with van der Waals surface area (Å²) in [5.41, 5.74) is 0.0981. The summed E-state index contributed by atoms with van der Waals surface area (Å²) in [6.07, 6.45) is 3.11. The molecule has 8 heteroatoms. The molecule has 0 radical (unpaired) electrons. The summed E-state index contributed by atoms with van der Waals surface area (Å²) < 4.78 is 26.5. The van der Waals surface area contributed by atoms with Crippen molar-refractivity contribution in [1.82, 2.24) is 10.2 Å². The Morgan fingerprint density at radius 3 is 2.37 bits per heavy atom. The van der Waals surface area contributed by atoms with Crippen molar-refractivity contribution in [3.63, 3.8) is 0 Å². The van der Waals surface area contributed by atoms with Gasteiger partial charge in [0.1, 0.15) is 17.4 Å². The summed E-state index contributed by atoms with van der Waals surface area (Å²) in [6, 6.07) is 6.54. The van der Waals surface area contributed by atoms with Crippen LogP contribution < -0.4 is 10.6 Å². The molecule has 2 amide bonds. The standard InChI is InChI=1S/C22H25F2N3O3/c1-27-8-5-14(6-9-27)4-7-25-22(30)19-3-2-18(13-20(19)28)26-21(29)15-10-16(23)12-17(24)11-15/h2-3,10-14,28H,4-9H2,1H3,(H,25,30)(H,26,29). The molecule has 30 heavy (non-hydrogen) atoms. The second kappa shape index (κ2) is 9.67. The van der Waals surface area contributed by atoms with Crippen LogP contribution in [0.4, 0.5) is 14.5 Å². The van der Waals surface area contributed by atoms with Crippen LogP contribution in [0.25, 0.3) is 0 Å². The third kappa shape index (κ3) is 5.76. The average molecular weight is 417 g/mol. The molecule has 0 aromatic heterocycles. The van der Waals surface area contributed by atoms with Crippen LogP contribution in [0.3, 0.4) is 0 Å². The van der Waals surface area contributed by atoms with Crippen LogP contribution in [-0.2, 0) is 0 Å². The molecule has 0 saturated carbocycles. The quantitative estimate of drug-likeness (QED) is 0.673. The zero-order valence-corrected chi connectivity index (χ0v) is 16.8. The first-order valence-electron chi connectivity index (χ1n) is 9.89. The van der Waals surface area contributed by atoms with Crippen LogP contribution in [0, 0.1) is 17.6 Å². The number of likely N-dealkylation sites (tertiary alicyclic amines) is 1. The number of phenolic OH excluding ortho intramolecular Hbond substituents is 1. The fourth-order valence-electron chi connectivity index (χ4n) is 3.53. The number of hydrogen-bond donors (Lipinski definition) is 3. The Kier molecular flexibility index (Phi) is 6.99. The summed E-state index contributed by atoms with van der Waals surface area (Å²) in [7, 11) is 2.10. The van der Waals surface area contributed by atoms with Crippen LogP contribution >= 0.6 is 0 Å². The Morgan fingerprint density at radius 1 is 1.07 bits per heavy atom. The molecule has 0 bridgehead atoms. The molecule has 0 aliphatic carbocycles. The van der Waals surface area contributed by atoms with Gasteiger partial charge in [0.25, 0.3) is 11.8 Å². The van der Waals surface area contributed by atoms with Gasteiger partial charge < -0.3 is 20.6 Å². The van der Waals surface area contributed by atoms with E-state index in [2.05, 4.69) is 22.6 Å². The maximum Gasteiger partial charge on any atom is 0.255 e. The monoisotopic (exact) mass is 417 g/mol. The van der Waals surface area contributed by atoms with Gasteiger partial charge in [-0.3, -0.25) is 9.59 Å². The van der Waals surface area contributed by atoms with Crippen molar-refractivity contribution in [2.75, 3.05) is 32.0 Å². The molecule has 0 spiro atoms. The number of nitrogens with one attached hydrogen (secondary N) is 2. The van der Waals surface area contributed by atoms with E-state index in [0.717, 1.165) is 44.5 Å². The molecule has 1 fully saturated rings. The smallest absolute Gasteiger partial charge is 0.255 e. The molecule has 0 atom stereocenters. The summed E-state index contributed by atoms with van der Waals surface area (Å²) in [5, 5.41) is 15.4. The number of carbonyl (C=O) groups is 2. The summed E-state index contributed by atoms with van der Waals surface area (Å²) in [4.78, 5) is 26.8. The molecule has 2 aromatic carbocycles. The van der Waals surface area contributed by atoms with Crippen LogP contribution in [0.5, 0.6) is 5.75 Å². The molecule has 1 aliphatic rings. The first-order valence-corrected chi connectivity index (χ1v) is 9.89. The van der Waals surface area contributed by atoms with Gasteiger partial charge in [-0.05, 0) is 69.6 Å². The maximum atomic E-state index is 13.3. The number of benzene rings is 2. The molecule has 6 nitrogen and oxygen atoms in total. The first-order chi connectivity index (χ1) is 14.3. The zero-order valence-electron chi connectivity index (χ0n) is 16.8. The second-order valence-electron chi connectivity index (χ2n) is 7.64. The summed E-state index contributed by atoms with van der Waals surface area (Å²) in [6.45, 7) is 2.65. The van der Waals surface area contributed by atoms with Crippen molar-refractivity contribution in [2.45, 2.75) is 19.3 Å². The van der Waals surface area contributed by atoms with Gasteiger partial charge in [-0.15, -0.1) is 0 Å². The van der Waals surface area contributed by atoms with E-state index in [1.54, 1.807) is 0 Å². The second-order valence-corrected chi connectivity index (χ2v) is 7.64. The number of carbonyl (C=O) groups excluding carboxylic acids is 2. The number of anilines is 1. The molecular formula is C22H25F2N3O3. The number of rotatable bonds is 6. The maximum absolute atomic E-state index is 13.3. The van der Waals surface area contributed by atoms with Crippen LogP contribution in [0.15, 0.2) is 36.4 Å². The number of aromatic hydroxyl groups is 1. The number of piperidine rings is 1. The third-order valence-corrected chi connectivity index (χ3v) is 5.30. The van der Waals surface area contributed by atoms with E-state index in [1.165, 1.54) is 18.2 Å². The van der Waals surface area contributed by atoms with Gasteiger partial charge in [-0.2, -0.15) is 0 Å². The van der Waals surface area contributed by atoms with E-state index < -0.39 is 23.4 Å². The minimum atomic E-state index is -0.865. The van der Waals surface area contributed by atoms with Crippen molar-refractivity contribution >= 4 is 17.5 Å². The molecule has 160 valence electrons. The normalized spacial score (nSPS) is 15.0. The average Bonchev–Trinajstić information content (AvgIpc) is 2.68. The van der Waals surface area contributed by atoms with Gasteiger partial charge in [0.2, 0.25) is 0 Å². The van der Waals surface area contributed by atoms with Crippen molar-refractivity contribution in [3.8, 4) is 5.75 Å². The lowest BCUT2D eigenvalue weighted by molar-refractivity contribution is 0.0945. The first kappa shape index (κ1) is 21.7. The highest BCUT2D eigenvalue weighted by Gasteiger charge is 2.18. The van der Waals surface area contributed by atoms with Gasteiger partial charge in [-0.1, -0.05) is 0 Å². The lowest BCUT2D eigenvalue weighted by atomic mass is 9.94. The van der Waals surface area contributed by atoms with Crippen molar-refractivity contribution < 1.29 is 23.5 Å². The summed E-state index contributed by atoms with van der Waals surface area (Å²) in [5.74, 6) is -2.57. The van der Waals surface area contributed by atoms with E-state index in [1.807, 2.05) is 0 Å². The van der Waals surface area contributed by atoms with Crippen molar-refractivity contribution in [2.24, 2.45) is 5.92 Å². The van der Waals surface area contributed by atoms with Gasteiger partial charge in [0.05, 0.1) is 5.56 Å². The number of hydrogen-bond acceptors (Lipinski definition) is 4. The van der Waals surface area contributed by atoms with Gasteiger partial charge in [0, 0.05) is 29.9 Å². The lowest BCUT2D eigenvalue weighted by Gasteiger charge is -2.28. The predicted octanol–water partition coefficient (Wildman–Crippen LogP) is 3.38. The van der Waals surface area contributed by atoms with E-state index in [9.17, 15) is 23.5 Å². The Labute approximate surface area is 173 Å². The molecule has 1 aliphatic heterocycles. The molecule has 1 saturated heterocycles. The fourth-order valence-corrected chi connectivity index (χ4v) is 3.53. The van der Waals surface area contributed by atoms with Crippen LogP contribution in [0.1, 0.15) is 40.0 Å². The Hall–Kier alpha value is -3.00. The highest BCUT2D eigenvalue weighted by molar-refractivity contribution is 6.05. The fraction of sp³-hybridized carbons (Fsp3) is 0.364. The number of phenols is 1. The summed E-state index contributed by atoms with van der Waals surface area (Å²) >= 11 is 0. The Balaban J connectivity index is 1.55. The largest absolute Gasteiger partial charge is 0.507 e. The molecular weight excluding hydrogens is 392 g/mol. The van der Waals surface area contributed by atoms with E-state index in [-0.39, 0.29) is 22.6 Å². The highest BCUT2D eigenvalue weighted by atomic mass is 19.1. The van der Waals surface area contributed by atoms with Gasteiger partial charge >= 0.3 is 0 Å². The van der Waals surface area contributed by atoms with Crippen LogP contribution in [0.2, 0.25) is 0 Å². The third-order valence-electron chi connectivity index (χ3n) is 5.30. The minimum Gasteiger partial charge on any atom is -0.507 e. The van der Waals surface area contributed by atoms with E-state index >= 15 is 0 Å². The van der Waals surface area contributed by atoms with Gasteiger partial charge in [-0.25, -0.2) is 8.78 Å². The topological polar surface area (TPSA) is 81.7 Å². The van der Waals surface area contributed by atoms with Crippen molar-refractivity contribution in [3.05, 3.63) is 59.2 Å². The number of halogens is 2. The van der Waals surface area contributed by atoms with Crippen LogP contribution in [-0.4, -0.2) is 48.5 Å². The predicted molar refractivity (Wildman–Crippen MR) is 110 cm³/mol. The van der Waals surface area contributed by atoms with E-state index in [4.69, 9.17) is 0 Å². The molecule has 2 aromatic rings. The number of amides is 2. The molecule has 1 heterocycles. The molecule has 0 unspecified atom stereocenters. The Bertz CT molecular complexity index is 908. The highest BCUT2D eigenvalue weighted by Crippen LogP contribution is 2.23. The minimum absolute atomic E-state index is 0.0909. The van der Waals surface area contributed by atoms with Gasteiger partial charge in [0.15, 0.2) is 0 Å². The Morgan fingerprint density at radius 2 is 1.73 bits per heavy atom. The molecule has 3 rings (SSSR count). The lowest BCUT2D eigenvalue weighted by Crippen LogP contribution is -2.32. The SMILES string of the molecule is CN1CCC(CCNC(=O)c2ccc(NC(=O)c3cc(F)cc(F)c3)cc2O)CC1. The number of nitrogens with zero attached hydrogens (tertiary/aromatic N) is 1. The van der Waals surface area contributed by atoms with Crippen molar-refractivity contribution in [1.29, 1.82) is 0 Å². The van der Waals surface area contributed by atoms with E-state index in [0.29, 0.717) is 18.5 Å². The zero-order chi connectivity index (χ0) is 21.7. The molecule has 3 N–H and O–H groups in total.